The van der Waals surface area contributed by atoms with Gasteiger partial charge in [0.15, 0.2) is 0 Å². The lowest BCUT2D eigenvalue weighted by Crippen LogP contribution is -2.38. The molecule has 0 aromatic heterocycles. The number of hydrogen-bond acceptors (Lipinski definition) is 3. The van der Waals surface area contributed by atoms with Gasteiger partial charge in [-0.15, -0.1) is 0 Å². The molecule has 4 heteroatoms. The number of ether oxygens (including phenoxy) is 1. The normalized spacial score (nSPS) is 22.9. The van der Waals surface area contributed by atoms with E-state index in [4.69, 9.17) is 4.74 Å². The molecule has 1 saturated heterocycles. The number of carbonyl (C=O) groups is 1. The van der Waals surface area contributed by atoms with Crippen LogP contribution in [0.5, 0.6) is 0 Å². The van der Waals surface area contributed by atoms with E-state index in [1.165, 1.54) is 6.42 Å². The monoisotopic (exact) mass is 228 g/mol. The Bertz CT molecular complexity index is 230. The predicted molar refractivity (Wildman–Crippen MR) is 64.4 cm³/mol. The molecule has 0 aliphatic carbocycles. The molecule has 2 atom stereocenters. The molecule has 94 valence electrons. The first-order valence-corrected chi connectivity index (χ1v) is 6.07. The molecule has 0 aromatic carbocycles. The fourth-order valence-corrected chi connectivity index (χ4v) is 1.98. The molecule has 1 aliphatic heterocycles. The highest BCUT2D eigenvalue weighted by molar-refractivity contribution is 5.67. The van der Waals surface area contributed by atoms with Gasteiger partial charge in [-0.1, -0.05) is 0 Å². The van der Waals surface area contributed by atoms with E-state index in [9.17, 15) is 4.79 Å². The van der Waals surface area contributed by atoms with Crippen molar-refractivity contribution in [2.24, 2.45) is 5.92 Å². The highest BCUT2D eigenvalue weighted by atomic mass is 16.6. The maximum absolute atomic E-state index is 11.5. The van der Waals surface area contributed by atoms with Crippen molar-refractivity contribution in [3.8, 4) is 0 Å². The Balaban J connectivity index is 2.22. The number of rotatable bonds is 3. The van der Waals surface area contributed by atoms with E-state index >= 15 is 0 Å². The second-order valence-corrected chi connectivity index (χ2v) is 5.64. The van der Waals surface area contributed by atoms with Crippen molar-refractivity contribution in [1.29, 1.82) is 0 Å². The Morgan fingerprint density at radius 1 is 1.56 bits per heavy atom. The zero-order valence-corrected chi connectivity index (χ0v) is 10.8. The highest BCUT2D eigenvalue weighted by Gasteiger charge is 2.21. The van der Waals surface area contributed by atoms with Crippen LogP contribution in [0.2, 0.25) is 0 Å². The zero-order chi connectivity index (χ0) is 12.2. The van der Waals surface area contributed by atoms with Gasteiger partial charge in [-0.2, -0.15) is 0 Å². The average Bonchev–Trinajstić information content (AvgIpc) is 2.51. The summed E-state index contributed by atoms with van der Waals surface area (Å²) in [5, 5.41) is 6.20. The minimum Gasteiger partial charge on any atom is -0.444 e. The maximum Gasteiger partial charge on any atom is 0.407 e. The smallest absolute Gasteiger partial charge is 0.407 e. The second kappa shape index (κ2) is 5.53. The SMILES string of the molecule is C[C@@H](CC1CCNC1)NC(=O)OC(C)(C)C. The van der Waals surface area contributed by atoms with Crippen LogP contribution in [0.25, 0.3) is 0 Å². The summed E-state index contributed by atoms with van der Waals surface area (Å²) in [4.78, 5) is 11.5. The summed E-state index contributed by atoms with van der Waals surface area (Å²) in [6, 6.07) is 0.180. The van der Waals surface area contributed by atoms with Gasteiger partial charge in [0, 0.05) is 6.04 Å². The quantitative estimate of drug-likeness (QED) is 0.775. The van der Waals surface area contributed by atoms with Crippen LogP contribution in [0.4, 0.5) is 4.79 Å². The van der Waals surface area contributed by atoms with Crippen LogP contribution in [-0.2, 0) is 4.74 Å². The summed E-state index contributed by atoms with van der Waals surface area (Å²) in [7, 11) is 0. The standard InChI is InChI=1S/C12H24N2O2/c1-9(7-10-5-6-13-8-10)14-11(15)16-12(2,3)4/h9-10,13H,5-8H2,1-4H3,(H,14,15)/t9-,10?/m0/s1. The van der Waals surface area contributed by atoms with Gasteiger partial charge in [-0.05, 0) is 59.5 Å². The lowest BCUT2D eigenvalue weighted by Gasteiger charge is -2.23. The van der Waals surface area contributed by atoms with E-state index in [-0.39, 0.29) is 12.1 Å². The van der Waals surface area contributed by atoms with Crippen LogP contribution in [0.15, 0.2) is 0 Å². The summed E-state index contributed by atoms with van der Waals surface area (Å²) in [6.07, 6.45) is 1.91. The topological polar surface area (TPSA) is 50.4 Å². The lowest BCUT2D eigenvalue weighted by atomic mass is 10.0. The van der Waals surface area contributed by atoms with Crippen LogP contribution in [0.1, 0.15) is 40.5 Å². The van der Waals surface area contributed by atoms with E-state index in [2.05, 4.69) is 10.6 Å². The Morgan fingerprint density at radius 3 is 2.75 bits per heavy atom. The van der Waals surface area contributed by atoms with Crippen molar-refractivity contribution in [1.82, 2.24) is 10.6 Å². The summed E-state index contributed by atoms with van der Waals surface area (Å²) < 4.78 is 5.21. The molecule has 0 saturated carbocycles. The van der Waals surface area contributed by atoms with E-state index in [1.54, 1.807) is 0 Å². The third kappa shape index (κ3) is 5.35. The van der Waals surface area contributed by atoms with Gasteiger partial charge in [-0.3, -0.25) is 0 Å². The van der Waals surface area contributed by atoms with Crippen LogP contribution in [0.3, 0.4) is 0 Å². The first-order valence-electron chi connectivity index (χ1n) is 6.07. The Kier molecular flexibility index (Phi) is 4.59. The highest BCUT2D eigenvalue weighted by Crippen LogP contribution is 2.14. The van der Waals surface area contributed by atoms with Gasteiger partial charge < -0.3 is 15.4 Å². The summed E-state index contributed by atoms with van der Waals surface area (Å²) in [5.74, 6) is 0.685. The molecule has 1 amide bonds. The molecule has 2 N–H and O–H groups in total. The van der Waals surface area contributed by atoms with Crippen LogP contribution >= 0.6 is 0 Å². The first-order chi connectivity index (χ1) is 7.37. The maximum atomic E-state index is 11.5. The molecule has 16 heavy (non-hydrogen) atoms. The van der Waals surface area contributed by atoms with Gasteiger partial charge >= 0.3 is 6.09 Å². The van der Waals surface area contributed by atoms with Gasteiger partial charge in [0.2, 0.25) is 0 Å². The molecule has 0 spiro atoms. The van der Waals surface area contributed by atoms with Crippen molar-refractivity contribution in [3.63, 3.8) is 0 Å². The molecule has 0 radical (unpaired) electrons. The molecule has 0 bridgehead atoms. The van der Waals surface area contributed by atoms with Crippen molar-refractivity contribution in [2.75, 3.05) is 13.1 Å². The van der Waals surface area contributed by atoms with Crippen molar-refractivity contribution in [3.05, 3.63) is 0 Å². The Labute approximate surface area is 98.1 Å². The second-order valence-electron chi connectivity index (χ2n) is 5.64. The molecule has 1 unspecified atom stereocenters. The molecular weight excluding hydrogens is 204 g/mol. The molecular formula is C12H24N2O2. The third-order valence-corrected chi connectivity index (χ3v) is 2.61. The largest absolute Gasteiger partial charge is 0.444 e. The van der Waals surface area contributed by atoms with Crippen molar-refractivity contribution < 1.29 is 9.53 Å². The number of nitrogens with one attached hydrogen (secondary N) is 2. The molecule has 1 rings (SSSR count). The summed E-state index contributed by atoms with van der Waals surface area (Å²) in [5.41, 5.74) is -0.418. The fraction of sp³-hybridized carbons (Fsp3) is 0.917. The fourth-order valence-electron chi connectivity index (χ4n) is 1.98. The number of alkyl carbamates (subject to hydrolysis) is 1. The van der Waals surface area contributed by atoms with Gasteiger partial charge in [0.05, 0.1) is 0 Å². The Hall–Kier alpha value is -0.770. The molecule has 1 fully saturated rings. The number of carbonyl (C=O) groups excluding carboxylic acids is 1. The minimum atomic E-state index is -0.418. The van der Waals surface area contributed by atoms with E-state index in [0.29, 0.717) is 5.92 Å². The average molecular weight is 228 g/mol. The van der Waals surface area contributed by atoms with Gasteiger partial charge in [-0.25, -0.2) is 4.79 Å². The van der Waals surface area contributed by atoms with E-state index in [1.807, 2.05) is 27.7 Å². The molecule has 1 aliphatic rings. The predicted octanol–water partition coefficient (Wildman–Crippen LogP) is 1.90. The van der Waals surface area contributed by atoms with Gasteiger partial charge in [0.25, 0.3) is 0 Å². The number of amides is 1. The van der Waals surface area contributed by atoms with Crippen LogP contribution in [0, 0.1) is 5.92 Å². The van der Waals surface area contributed by atoms with Crippen LogP contribution < -0.4 is 10.6 Å². The summed E-state index contributed by atoms with van der Waals surface area (Å²) >= 11 is 0. The minimum absolute atomic E-state index is 0.180. The lowest BCUT2D eigenvalue weighted by molar-refractivity contribution is 0.0503. The zero-order valence-electron chi connectivity index (χ0n) is 10.8. The van der Waals surface area contributed by atoms with Crippen molar-refractivity contribution >= 4 is 6.09 Å². The third-order valence-electron chi connectivity index (χ3n) is 2.61. The summed E-state index contributed by atoms with van der Waals surface area (Å²) in [6.45, 7) is 9.82. The Morgan fingerprint density at radius 2 is 2.25 bits per heavy atom. The number of hydrogen-bond donors (Lipinski definition) is 2. The molecule has 0 aromatic rings. The van der Waals surface area contributed by atoms with E-state index in [0.717, 1.165) is 19.5 Å². The van der Waals surface area contributed by atoms with Crippen LogP contribution in [-0.4, -0.2) is 30.8 Å². The van der Waals surface area contributed by atoms with E-state index < -0.39 is 5.60 Å². The molecule has 4 nitrogen and oxygen atoms in total. The molecule has 1 heterocycles. The van der Waals surface area contributed by atoms with Gasteiger partial charge in [0.1, 0.15) is 5.60 Å². The van der Waals surface area contributed by atoms with Crippen molar-refractivity contribution in [2.45, 2.75) is 52.2 Å². The first kappa shape index (κ1) is 13.3.